The Morgan fingerprint density at radius 3 is 2.75 bits per heavy atom. The third-order valence-corrected chi connectivity index (χ3v) is 3.51. The van der Waals surface area contributed by atoms with Crippen molar-refractivity contribution in [3.8, 4) is 0 Å². The fourth-order valence-corrected chi connectivity index (χ4v) is 2.06. The van der Waals surface area contributed by atoms with E-state index < -0.39 is 0 Å². The molecule has 1 aliphatic carbocycles. The molecule has 20 heavy (non-hydrogen) atoms. The van der Waals surface area contributed by atoms with Gasteiger partial charge >= 0.3 is 0 Å². The molecule has 1 fully saturated rings. The van der Waals surface area contributed by atoms with Gasteiger partial charge in [-0.2, -0.15) is 0 Å². The van der Waals surface area contributed by atoms with Gasteiger partial charge in [-0.3, -0.25) is 9.78 Å². The van der Waals surface area contributed by atoms with Gasteiger partial charge in [0.1, 0.15) is 0 Å². The highest BCUT2D eigenvalue weighted by molar-refractivity contribution is 5.85. The summed E-state index contributed by atoms with van der Waals surface area (Å²) in [4.78, 5) is 15.9. The number of halogens is 2. The first kappa shape index (κ1) is 19.2. The van der Waals surface area contributed by atoms with Gasteiger partial charge in [0.25, 0.3) is 0 Å². The second-order valence-electron chi connectivity index (χ2n) is 5.20. The van der Waals surface area contributed by atoms with E-state index >= 15 is 0 Å². The van der Waals surface area contributed by atoms with E-state index in [4.69, 9.17) is 5.73 Å². The minimum Gasteiger partial charge on any atom is -0.355 e. The zero-order chi connectivity index (χ0) is 13.0. The van der Waals surface area contributed by atoms with Crippen LogP contribution in [0.1, 0.15) is 37.7 Å². The predicted molar refractivity (Wildman–Crippen MR) is 85.5 cm³/mol. The van der Waals surface area contributed by atoms with Crippen molar-refractivity contribution in [1.29, 1.82) is 0 Å². The van der Waals surface area contributed by atoms with Crippen LogP contribution >= 0.6 is 24.8 Å². The number of aromatic nitrogens is 1. The molecule has 1 saturated carbocycles. The zero-order valence-corrected chi connectivity index (χ0v) is 13.3. The summed E-state index contributed by atoms with van der Waals surface area (Å²) < 4.78 is 0. The van der Waals surface area contributed by atoms with E-state index in [-0.39, 0.29) is 42.7 Å². The highest BCUT2D eigenvalue weighted by Gasteiger charge is 2.28. The number of amides is 1. The molecule has 0 aromatic carbocycles. The number of carbonyl (C=O) groups is 1. The lowest BCUT2D eigenvalue weighted by molar-refractivity contribution is -0.121. The average molecular weight is 320 g/mol. The Bertz CT molecular complexity index is 399. The number of nitrogens with two attached hydrogens (primary N) is 1. The van der Waals surface area contributed by atoms with Crippen molar-refractivity contribution >= 4 is 30.7 Å². The molecule has 1 aromatic heterocycles. The van der Waals surface area contributed by atoms with Gasteiger partial charge in [0, 0.05) is 31.4 Å². The third-order valence-electron chi connectivity index (χ3n) is 3.51. The quantitative estimate of drug-likeness (QED) is 0.845. The molecule has 114 valence electrons. The number of nitrogens with zero attached hydrogens (tertiary/aromatic N) is 1. The predicted octanol–water partition coefficient (Wildman–Crippen LogP) is 2.27. The molecule has 2 unspecified atom stereocenters. The van der Waals surface area contributed by atoms with Crippen molar-refractivity contribution < 1.29 is 4.79 Å². The summed E-state index contributed by atoms with van der Waals surface area (Å²) in [6.07, 6.45) is 6.47. The standard InChI is InChI=1S/C14H21N3O.2ClH/c1-10(12-3-2-6-16-8-12)7-14(18)17-9-13(15)11-4-5-11;;/h2-3,6,8,10-11,13H,4-5,7,9,15H2,1H3,(H,17,18);2*1H. The van der Waals surface area contributed by atoms with Gasteiger partial charge in [-0.05, 0) is 36.3 Å². The van der Waals surface area contributed by atoms with Crippen molar-refractivity contribution in [3.63, 3.8) is 0 Å². The molecule has 0 saturated heterocycles. The molecule has 3 N–H and O–H groups in total. The first-order valence-electron chi connectivity index (χ1n) is 6.59. The Hall–Kier alpha value is -0.840. The van der Waals surface area contributed by atoms with Crippen LogP contribution in [0.2, 0.25) is 0 Å². The third kappa shape index (κ3) is 6.07. The number of carbonyl (C=O) groups excluding carboxylic acids is 1. The molecular formula is C14H23Cl2N3O. The molecule has 2 rings (SSSR count). The van der Waals surface area contributed by atoms with E-state index in [0.717, 1.165) is 5.56 Å². The van der Waals surface area contributed by atoms with Crippen LogP contribution in [0, 0.1) is 5.92 Å². The molecule has 1 aromatic rings. The summed E-state index contributed by atoms with van der Waals surface area (Å²) >= 11 is 0. The average Bonchev–Trinajstić information content (AvgIpc) is 3.21. The minimum atomic E-state index is 0. The Labute approximate surface area is 132 Å². The van der Waals surface area contributed by atoms with Gasteiger partial charge in [0.15, 0.2) is 0 Å². The molecule has 0 bridgehead atoms. The number of nitrogens with one attached hydrogen (secondary N) is 1. The number of rotatable bonds is 6. The van der Waals surface area contributed by atoms with Crippen molar-refractivity contribution in [2.75, 3.05) is 6.54 Å². The summed E-state index contributed by atoms with van der Waals surface area (Å²) in [7, 11) is 0. The van der Waals surface area contributed by atoms with E-state index in [9.17, 15) is 4.79 Å². The Balaban J connectivity index is 0.00000180. The maximum Gasteiger partial charge on any atom is 0.220 e. The molecule has 6 heteroatoms. The molecular weight excluding hydrogens is 297 g/mol. The Kier molecular flexibility index (Phi) is 8.78. The second-order valence-corrected chi connectivity index (χ2v) is 5.20. The lowest BCUT2D eigenvalue weighted by Gasteiger charge is -2.14. The highest BCUT2D eigenvalue weighted by atomic mass is 35.5. The molecule has 1 aliphatic rings. The van der Waals surface area contributed by atoms with Crippen LogP contribution < -0.4 is 11.1 Å². The van der Waals surface area contributed by atoms with Crippen LogP contribution in [0.15, 0.2) is 24.5 Å². The fourth-order valence-electron chi connectivity index (χ4n) is 2.06. The van der Waals surface area contributed by atoms with Crippen molar-refractivity contribution in [2.24, 2.45) is 11.7 Å². The van der Waals surface area contributed by atoms with Gasteiger partial charge in [0.05, 0.1) is 0 Å². The van der Waals surface area contributed by atoms with E-state index in [1.165, 1.54) is 12.8 Å². The molecule has 1 amide bonds. The van der Waals surface area contributed by atoms with Crippen LogP contribution in [-0.2, 0) is 4.79 Å². The van der Waals surface area contributed by atoms with Crippen LogP contribution in [0.3, 0.4) is 0 Å². The van der Waals surface area contributed by atoms with Crippen LogP contribution in [0.25, 0.3) is 0 Å². The van der Waals surface area contributed by atoms with Crippen molar-refractivity contribution in [3.05, 3.63) is 30.1 Å². The van der Waals surface area contributed by atoms with Crippen LogP contribution in [0.5, 0.6) is 0 Å². The maximum absolute atomic E-state index is 11.8. The smallest absolute Gasteiger partial charge is 0.220 e. The molecule has 2 atom stereocenters. The van der Waals surface area contributed by atoms with Crippen molar-refractivity contribution in [2.45, 2.75) is 38.1 Å². The van der Waals surface area contributed by atoms with Gasteiger partial charge in [-0.15, -0.1) is 24.8 Å². The summed E-state index contributed by atoms with van der Waals surface area (Å²) in [5.74, 6) is 0.888. The summed E-state index contributed by atoms with van der Waals surface area (Å²) in [5.41, 5.74) is 7.04. The molecule has 0 spiro atoms. The lowest BCUT2D eigenvalue weighted by Crippen LogP contribution is -2.38. The van der Waals surface area contributed by atoms with Gasteiger partial charge in [-0.1, -0.05) is 13.0 Å². The molecule has 1 heterocycles. The van der Waals surface area contributed by atoms with Crippen LogP contribution in [0.4, 0.5) is 0 Å². The number of pyridine rings is 1. The van der Waals surface area contributed by atoms with E-state index in [2.05, 4.69) is 10.3 Å². The van der Waals surface area contributed by atoms with Gasteiger partial charge in [0.2, 0.25) is 5.91 Å². The van der Waals surface area contributed by atoms with Gasteiger partial charge in [-0.25, -0.2) is 0 Å². The normalized spacial score (nSPS) is 16.3. The Morgan fingerprint density at radius 1 is 1.50 bits per heavy atom. The fraction of sp³-hybridized carbons (Fsp3) is 0.571. The summed E-state index contributed by atoms with van der Waals surface area (Å²) in [6, 6.07) is 4.02. The number of hydrogen-bond donors (Lipinski definition) is 2. The Morgan fingerprint density at radius 2 is 2.20 bits per heavy atom. The molecule has 4 nitrogen and oxygen atoms in total. The minimum absolute atomic E-state index is 0. The first-order valence-corrected chi connectivity index (χ1v) is 6.59. The summed E-state index contributed by atoms with van der Waals surface area (Å²) in [6.45, 7) is 2.64. The second kappa shape index (κ2) is 9.16. The largest absolute Gasteiger partial charge is 0.355 e. The van der Waals surface area contributed by atoms with Crippen LogP contribution in [-0.4, -0.2) is 23.5 Å². The first-order chi connectivity index (χ1) is 8.66. The molecule has 0 aliphatic heterocycles. The summed E-state index contributed by atoms with van der Waals surface area (Å²) in [5, 5.41) is 2.92. The monoisotopic (exact) mass is 319 g/mol. The lowest BCUT2D eigenvalue weighted by atomic mass is 9.99. The topological polar surface area (TPSA) is 68.0 Å². The van der Waals surface area contributed by atoms with Crippen molar-refractivity contribution in [1.82, 2.24) is 10.3 Å². The van der Waals surface area contributed by atoms with Gasteiger partial charge < -0.3 is 11.1 Å². The van der Waals surface area contributed by atoms with E-state index in [1.54, 1.807) is 6.20 Å². The van der Waals surface area contributed by atoms with E-state index in [1.807, 2.05) is 25.3 Å². The zero-order valence-electron chi connectivity index (χ0n) is 11.6. The molecule has 0 radical (unpaired) electrons. The number of hydrogen-bond acceptors (Lipinski definition) is 3. The van der Waals surface area contributed by atoms with E-state index in [0.29, 0.717) is 18.9 Å². The SMILES string of the molecule is CC(CC(=O)NCC(N)C1CC1)c1cccnc1.Cl.Cl. The highest BCUT2D eigenvalue weighted by Crippen LogP contribution is 2.31. The maximum atomic E-state index is 11.8.